The molecule has 1 saturated carbocycles. The standard InChI is InChI=1S/C25H36O5/c1-5-6-7-8-16-11-17(13-20(26)27)22(18(12-16)14-21(28)29)23-19(15(2)3)9-10-25(4)24(23)30-25/h11-12,15,19,23-24H,5-10,13-14H2,1-4H3,(H,26,27)(H,28,29). The monoisotopic (exact) mass is 416 g/mol. The summed E-state index contributed by atoms with van der Waals surface area (Å²) in [6, 6.07) is 4.05. The SMILES string of the molecule is CCCCCc1cc(CC(=O)O)c(C2C(C(C)C)CCC3(C)OC23)c(CC(=O)O)c1. The number of aliphatic carboxylic acids is 2. The highest BCUT2D eigenvalue weighted by Gasteiger charge is 2.61. The van der Waals surface area contributed by atoms with Gasteiger partial charge in [0.05, 0.1) is 24.5 Å². The molecule has 5 heteroatoms. The zero-order valence-electron chi connectivity index (χ0n) is 18.7. The molecular weight excluding hydrogens is 380 g/mol. The number of hydrogen-bond acceptors (Lipinski definition) is 3. The number of unbranched alkanes of at least 4 members (excludes halogenated alkanes) is 2. The lowest BCUT2D eigenvalue weighted by atomic mass is 9.65. The van der Waals surface area contributed by atoms with Gasteiger partial charge in [0.25, 0.3) is 0 Å². The minimum Gasteiger partial charge on any atom is -0.481 e. The molecule has 1 saturated heterocycles. The van der Waals surface area contributed by atoms with Gasteiger partial charge in [-0.3, -0.25) is 9.59 Å². The van der Waals surface area contributed by atoms with Gasteiger partial charge in [-0.05, 0) is 66.7 Å². The lowest BCUT2D eigenvalue weighted by Gasteiger charge is -2.36. The summed E-state index contributed by atoms with van der Waals surface area (Å²) in [5, 5.41) is 19.2. The van der Waals surface area contributed by atoms with Crippen LogP contribution in [-0.2, 0) is 33.6 Å². The fraction of sp³-hybridized carbons (Fsp3) is 0.680. The van der Waals surface area contributed by atoms with Gasteiger partial charge in [-0.25, -0.2) is 0 Å². The van der Waals surface area contributed by atoms with Crippen molar-refractivity contribution in [3.8, 4) is 0 Å². The zero-order valence-corrected chi connectivity index (χ0v) is 18.7. The lowest BCUT2D eigenvalue weighted by Crippen LogP contribution is -2.34. The first kappa shape index (κ1) is 22.8. The Kier molecular flexibility index (Phi) is 6.91. The van der Waals surface area contributed by atoms with Crippen LogP contribution < -0.4 is 0 Å². The van der Waals surface area contributed by atoms with E-state index in [0.717, 1.165) is 60.8 Å². The molecule has 0 amide bonds. The van der Waals surface area contributed by atoms with Crippen LogP contribution in [0, 0.1) is 11.8 Å². The molecule has 0 bridgehead atoms. The number of ether oxygens (including phenoxy) is 1. The number of aryl methyl sites for hydroxylation is 1. The molecule has 0 aromatic heterocycles. The van der Waals surface area contributed by atoms with Crippen LogP contribution in [0.1, 0.15) is 88.0 Å². The van der Waals surface area contributed by atoms with E-state index in [0.29, 0.717) is 11.8 Å². The molecule has 2 fully saturated rings. The van der Waals surface area contributed by atoms with Crippen LogP contribution in [0.15, 0.2) is 12.1 Å². The van der Waals surface area contributed by atoms with Crippen molar-refractivity contribution in [3.05, 3.63) is 34.4 Å². The second-order valence-corrected chi connectivity index (χ2v) is 9.75. The van der Waals surface area contributed by atoms with E-state index in [1.807, 2.05) is 12.1 Å². The number of hydrogen-bond donors (Lipinski definition) is 2. The summed E-state index contributed by atoms with van der Waals surface area (Å²) in [5.74, 6) is -0.920. The largest absolute Gasteiger partial charge is 0.481 e. The molecule has 1 aliphatic carbocycles. The molecule has 4 unspecified atom stereocenters. The summed E-state index contributed by atoms with van der Waals surface area (Å²) in [6.45, 7) is 8.69. The average molecular weight is 417 g/mol. The van der Waals surface area contributed by atoms with Gasteiger partial charge >= 0.3 is 11.9 Å². The van der Waals surface area contributed by atoms with Crippen LogP contribution in [0.2, 0.25) is 0 Å². The van der Waals surface area contributed by atoms with Crippen molar-refractivity contribution < 1.29 is 24.5 Å². The molecular formula is C25H36O5. The van der Waals surface area contributed by atoms with Crippen molar-refractivity contribution in [1.82, 2.24) is 0 Å². The maximum atomic E-state index is 11.7. The van der Waals surface area contributed by atoms with Crippen molar-refractivity contribution in [2.24, 2.45) is 11.8 Å². The Hall–Kier alpha value is -1.88. The van der Waals surface area contributed by atoms with Gasteiger partial charge in [-0.1, -0.05) is 45.7 Å². The summed E-state index contributed by atoms with van der Waals surface area (Å²) < 4.78 is 6.15. The molecule has 1 aliphatic heterocycles. The highest BCUT2D eigenvalue weighted by molar-refractivity contribution is 5.74. The molecule has 0 radical (unpaired) electrons. The highest BCUT2D eigenvalue weighted by atomic mass is 16.6. The Balaban J connectivity index is 2.11. The van der Waals surface area contributed by atoms with Crippen LogP contribution in [0.25, 0.3) is 0 Å². The highest BCUT2D eigenvalue weighted by Crippen LogP contribution is 2.58. The molecule has 5 nitrogen and oxygen atoms in total. The smallest absolute Gasteiger partial charge is 0.307 e. The number of benzene rings is 1. The maximum absolute atomic E-state index is 11.7. The maximum Gasteiger partial charge on any atom is 0.307 e. The number of carboxylic acid groups (broad SMARTS) is 2. The lowest BCUT2D eigenvalue weighted by molar-refractivity contribution is -0.137. The first-order valence-electron chi connectivity index (χ1n) is 11.4. The molecule has 4 atom stereocenters. The van der Waals surface area contributed by atoms with E-state index in [-0.39, 0.29) is 30.5 Å². The summed E-state index contributed by atoms with van der Waals surface area (Å²) in [6.07, 6.45) is 6.02. The van der Waals surface area contributed by atoms with Gasteiger partial charge < -0.3 is 14.9 Å². The van der Waals surface area contributed by atoms with Gasteiger partial charge in [0.15, 0.2) is 0 Å². The second-order valence-electron chi connectivity index (χ2n) is 9.75. The number of epoxide rings is 1. The average Bonchev–Trinajstić information content (AvgIpc) is 3.32. The Morgan fingerprint density at radius 3 is 2.23 bits per heavy atom. The van der Waals surface area contributed by atoms with Gasteiger partial charge in [0.2, 0.25) is 0 Å². The Bertz CT molecular complexity index is 762. The Morgan fingerprint density at radius 2 is 1.73 bits per heavy atom. The number of carboxylic acids is 2. The summed E-state index contributed by atoms with van der Waals surface area (Å²) in [5.41, 5.74) is 3.39. The van der Waals surface area contributed by atoms with E-state index in [2.05, 4.69) is 27.7 Å². The molecule has 30 heavy (non-hydrogen) atoms. The van der Waals surface area contributed by atoms with Crippen LogP contribution in [0.5, 0.6) is 0 Å². The van der Waals surface area contributed by atoms with Gasteiger partial charge in [-0.15, -0.1) is 0 Å². The van der Waals surface area contributed by atoms with E-state index in [1.165, 1.54) is 0 Å². The normalized spacial score (nSPS) is 27.7. The van der Waals surface area contributed by atoms with E-state index < -0.39 is 11.9 Å². The molecule has 1 heterocycles. The minimum atomic E-state index is -0.875. The van der Waals surface area contributed by atoms with E-state index >= 15 is 0 Å². The topological polar surface area (TPSA) is 87.1 Å². The fourth-order valence-electron chi connectivity index (χ4n) is 5.50. The summed E-state index contributed by atoms with van der Waals surface area (Å²) in [4.78, 5) is 23.5. The van der Waals surface area contributed by atoms with Crippen molar-refractivity contribution in [3.63, 3.8) is 0 Å². The van der Waals surface area contributed by atoms with Crippen molar-refractivity contribution in [2.45, 2.75) is 96.7 Å². The van der Waals surface area contributed by atoms with E-state index in [1.54, 1.807) is 0 Å². The number of carbonyl (C=O) groups is 2. The summed E-state index contributed by atoms with van der Waals surface area (Å²) in [7, 11) is 0. The first-order valence-corrected chi connectivity index (χ1v) is 11.4. The van der Waals surface area contributed by atoms with Crippen molar-refractivity contribution in [1.29, 1.82) is 0 Å². The number of rotatable bonds is 10. The Labute approximate surface area is 179 Å². The van der Waals surface area contributed by atoms with Crippen LogP contribution in [0.4, 0.5) is 0 Å². The molecule has 0 spiro atoms. The van der Waals surface area contributed by atoms with Crippen LogP contribution >= 0.6 is 0 Å². The van der Waals surface area contributed by atoms with Gasteiger partial charge in [0, 0.05) is 5.92 Å². The number of fused-ring (bicyclic) bond motifs is 1. The molecule has 3 rings (SSSR count). The first-order chi connectivity index (χ1) is 14.2. The van der Waals surface area contributed by atoms with E-state index in [9.17, 15) is 19.8 Å². The molecule has 166 valence electrons. The second kappa shape index (κ2) is 9.09. The van der Waals surface area contributed by atoms with E-state index in [4.69, 9.17) is 4.74 Å². The molecule has 2 aliphatic rings. The fourth-order valence-corrected chi connectivity index (χ4v) is 5.50. The third kappa shape index (κ3) is 4.88. The quantitative estimate of drug-likeness (QED) is 0.415. The van der Waals surface area contributed by atoms with Gasteiger partial charge in [0.1, 0.15) is 0 Å². The van der Waals surface area contributed by atoms with Crippen LogP contribution in [0.3, 0.4) is 0 Å². The predicted molar refractivity (Wildman–Crippen MR) is 116 cm³/mol. The van der Waals surface area contributed by atoms with Crippen molar-refractivity contribution in [2.75, 3.05) is 0 Å². The molecule has 1 aromatic carbocycles. The third-order valence-electron chi connectivity index (χ3n) is 7.06. The minimum absolute atomic E-state index is 0.0460. The predicted octanol–water partition coefficient (Wildman–Crippen LogP) is 4.98. The molecule has 1 aromatic rings. The van der Waals surface area contributed by atoms with Gasteiger partial charge in [-0.2, -0.15) is 0 Å². The van der Waals surface area contributed by atoms with Crippen LogP contribution in [-0.4, -0.2) is 33.9 Å². The Morgan fingerprint density at radius 1 is 1.13 bits per heavy atom. The van der Waals surface area contributed by atoms with Crippen molar-refractivity contribution >= 4 is 11.9 Å². The molecule has 2 N–H and O–H groups in total. The third-order valence-corrected chi connectivity index (χ3v) is 7.06. The summed E-state index contributed by atoms with van der Waals surface area (Å²) >= 11 is 0. The zero-order chi connectivity index (χ0) is 22.1.